The zero-order chi connectivity index (χ0) is 26.3. The van der Waals surface area contributed by atoms with Crippen molar-refractivity contribution in [2.45, 2.75) is 83.0 Å². The Morgan fingerprint density at radius 1 is 1.08 bits per heavy atom. The number of fused-ring (bicyclic) bond motifs is 1. The molecule has 0 spiro atoms. The van der Waals surface area contributed by atoms with Crippen LogP contribution in [0.5, 0.6) is 5.75 Å². The Bertz CT molecular complexity index is 1100. The van der Waals surface area contributed by atoms with Gasteiger partial charge >= 0.3 is 5.97 Å². The molecule has 1 unspecified atom stereocenters. The van der Waals surface area contributed by atoms with Crippen molar-refractivity contribution in [2.24, 2.45) is 5.41 Å². The largest absolute Gasteiger partial charge is 0.464 e. The van der Waals surface area contributed by atoms with Crippen LogP contribution in [0.15, 0.2) is 59.7 Å². The van der Waals surface area contributed by atoms with Crippen molar-refractivity contribution in [3.05, 3.63) is 60.4 Å². The van der Waals surface area contributed by atoms with Crippen molar-refractivity contribution in [2.75, 3.05) is 23.8 Å². The fourth-order valence-electron chi connectivity index (χ4n) is 5.32. The first-order valence-corrected chi connectivity index (χ1v) is 15.2. The number of anilines is 2. The number of hydrogen-bond acceptors (Lipinski definition) is 5. The van der Waals surface area contributed by atoms with Gasteiger partial charge in [-0.05, 0) is 68.4 Å². The molecule has 2 aliphatic rings. The van der Waals surface area contributed by atoms with Gasteiger partial charge in [0.1, 0.15) is 5.75 Å². The minimum absolute atomic E-state index is 0.0175. The van der Waals surface area contributed by atoms with E-state index in [0.29, 0.717) is 24.0 Å². The fraction of sp³-hybridized carbons (Fsp3) is 0.516. The van der Waals surface area contributed by atoms with Gasteiger partial charge in [-0.2, -0.15) is 0 Å². The van der Waals surface area contributed by atoms with Crippen LogP contribution < -0.4 is 9.64 Å². The Kier molecular flexibility index (Phi) is 9.47. The van der Waals surface area contributed by atoms with Crippen molar-refractivity contribution < 1.29 is 18.5 Å². The van der Waals surface area contributed by atoms with E-state index in [2.05, 4.69) is 49.1 Å². The number of rotatable bonds is 12. The molecule has 0 saturated heterocycles. The van der Waals surface area contributed by atoms with Gasteiger partial charge in [-0.15, -0.1) is 0 Å². The van der Waals surface area contributed by atoms with Crippen molar-refractivity contribution >= 4 is 28.1 Å². The Labute approximate surface area is 224 Å². The molecule has 37 heavy (non-hydrogen) atoms. The second-order valence-electron chi connectivity index (χ2n) is 10.4. The fourth-order valence-corrected chi connectivity index (χ4v) is 7.05. The van der Waals surface area contributed by atoms with Gasteiger partial charge in [0.2, 0.25) is 0 Å². The number of benzene rings is 2. The zero-order valence-electron chi connectivity index (χ0n) is 22.5. The molecule has 6 heteroatoms. The van der Waals surface area contributed by atoms with Gasteiger partial charge in [-0.3, -0.25) is 4.21 Å². The number of carbonyl (C=O) groups is 1. The molecule has 1 aliphatic carbocycles. The van der Waals surface area contributed by atoms with E-state index in [1.807, 2.05) is 12.1 Å². The highest BCUT2D eigenvalue weighted by molar-refractivity contribution is 7.85. The lowest BCUT2D eigenvalue weighted by Gasteiger charge is -2.37. The van der Waals surface area contributed by atoms with Crippen LogP contribution in [0.4, 0.5) is 11.4 Å². The van der Waals surface area contributed by atoms with Gasteiger partial charge in [0.25, 0.3) is 0 Å². The van der Waals surface area contributed by atoms with E-state index >= 15 is 0 Å². The smallest absolute Gasteiger partial charge is 0.333 e. The van der Waals surface area contributed by atoms with Gasteiger partial charge in [0.05, 0.1) is 40.3 Å². The molecule has 1 heterocycles. The first-order chi connectivity index (χ1) is 18.0. The van der Waals surface area contributed by atoms with E-state index in [0.717, 1.165) is 79.7 Å². The topological polar surface area (TPSA) is 55.8 Å². The quantitative estimate of drug-likeness (QED) is 0.162. The third-order valence-corrected chi connectivity index (χ3v) is 9.14. The maximum absolute atomic E-state index is 14.1. The predicted molar refractivity (Wildman–Crippen MR) is 151 cm³/mol. The minimum atomic E-state index is -1.17. The maximum atomic E-state index is 14.1. The third kappa shape index (κ3) is 6.84. The number of esters is 1. The summed E-state index contributed by atoms with van der Waals surface area (Å²) in [5.74, 6) is 1.35. The van der Waals surface area contributed by atoms with Crippen LogP contribution in [-0.4, -0.2) is 29.1 Å². The van der Waals surface area contributed by atoms with Crippen molar-refractivity contribution in [3.8, 4) is 5.75 Å². The van der Waals surface area contributed by atoms with E-state index in [1.165, 1.54) is 12.3 Å². The number of para-hydroxylation sites is 1. The van der Waals surface area contributed by atoms with Crippen molar-refractivity contribution in [3.63, 3.8) is 0 Å². The molecular formula is C31H41NO4S. The molecule has 0 amide bonds. The molecule has 0 radical (unpaired) electrons. The van der Waals surface area contributed by atoms with Crippen LogP contribution in [0, 0.1) is 5.41 Å². The second kappa shape index (κ2) is 12.8. The highest BCUT2D eigenvalue weighted by Crippen LogP contribution is 2.50. The lowest BCUT2D eigenvalue weighted by molar-refractivity contribution is -0.137. The molecule has 2 aromatic carbocycles. The van der Waals surface area contributed by atoms with Crippen LogP contribution in [0.1, 0.15) is 83.6 Å². The van der Waals surface area contributed by atoms with Gasteiger partial charge in [0, 0.05) is 23.4 Å². The summed E-state index contributed by atoms with van der Waals surface area (Å²) in [4.78, 5) is 15.0. The van der Waals surface area contributed by atoms with E-state index in [1.54, 1.807) is 6.92 Å². The van der Waals surface area contributed by atoms with E-state index in [4.69, 9.17) is 9.47 Å². The summed E-state index contributed by atoms with van der Waals surface area (Å²) in [5.41, 5.74) is 3.27. The Morgan fingerprint density at radius 3 is 2.41 bits per heavy atom. The molecule has 4 rings (SSSR count). The minimum Gasteiger partial charge on any atom is -0.464 e. The standard InChI is InChI=1S/C31H41NO4S/c1-4-7-17-31(18-8-5-2)22-32(25-12-10-9-11-13-25)27-20-26(24-14-15-24)28(21-29(27)37(34)23-31)36-19-16-30(33)35-6-3/h9-13,16,19-21,24H,4-8,14-15,17-18,22-23H2,1-3H3/b19-16+. The summed E-state index contributed by atoms with van der Waals surface area (Å²) in [6, 6.07) is 14.7. The number of ether oxygens (including phenoxy) is 2. The highest BCUT2D eigenvalue weighted by atomic mass is 32.2. The first-order valence-electron chi connectivity index (χ1n) is 13.9. The van der Waals surface area contributed by atoms with E-state index in [9.17, 15) is 9.00 Å². The number of unbranched alkanes of at least 4 members (excludes halogenated alkanes) is 2. The van der Waals surface area contributed by atoms with Crippen LogP contribution in [0.3, 0.4) is 0 Å². The molecule has 1 atom stereocenters. The van der Waals surface area contributed by atoms with Gasteiger partial charge in [0.15, 0.2) is 0 Å². The third-order valence-electron chi connectivity index (χ3n) is 7.45. The van der Waals surface area contributed by atoms with Crippen LogP contribution in [0.2, 0.25) is 0 Å². The lowest BCUT2D eigenvalue weighted by atomic mass is 9.79. The summed E-state index contributed by atoms with van der Waals surface area (Å²) in [6.07, 6.45) is 11.6. The number of carbonyl (C=O) groups excluding carboxylic acids is 1. The molecule has 0 aromatic heterocycles. The molecule has 5 nitrogen and oxygen atoms in total. The lowest BCUT2D eigenvalue weighted by Crippen LogP contribution is -2.37. The summed E-state index contributed by atoms with van der Waals surface area (Å²) >= 11 is 0. The first kappa shape index (κ1) is 27.4. The normalized spacial score (nSPS) is 18.9. The monoisotopic (exact) mass is 523 g/mol. The molecule has 0 bridgehead atoms. The van der Waals surface area contributed by atoms with Gasteiger partial charge in [-0.25, -0.2) is 4.79 Å². The summed E-state index contributed by atoms with van der Waals surface area (Å²) in [5, 5.41) is 0. The van der Waals surface area contributed by atoms with Crippen LogP contribution >= 0.6 is 0 Å². The molecular weight excluding hydrogens is 482 g/mol. The summed E-state index contributed by atoms with van der Waals surface area (Å²) < 4.78 is 25.1. The van der Waals surface area contributed by atoms with E-state index in [-0.39, 0.29) is 5.41 Å². The summed E-state index contributed by atoms with van der Waals surface area (Å²) in [6.45, 7) is 7.43. The van der Waals surface area contributed by atoms with Crippen molar-refractivity contribution in [1.82, 2.24) is 0 Å². The zero-order valence-corrected chi connectivity index (χ0v) is 23.4. The van der Waals surface area contributed by atoms with Gasteiger partial charge < -0.3 is 14.4 Å². The molecule has 2 aromatic rings. The Morgan fingerprint density at radius 2 is 1.78 bits per heavy atom. The SMILES string of the molecule is CCCCC1(CCCC)CN(c2ccccc2)c2cc(C3CC3)c(O/C=C/C(=O)OCC)cc2S(=O)C1. The molecule has 1 fully saturated rings. The maximum Gasteiger partial charge on any atom is 0.333 e. The van der Waals surface area contributed by atoms with E-state index < -0.39 is 16.8 Å². The van der Waals surface area contributed by atoms with Crippen LogP contribution in [-0.2, 0) is 20.3 Å². The van der Waals surface area contributed by atoms with Crippen molar-refractivity contribution in [1.29, 1.82) is 0 Å². The molecule has 0 N–H and O–H groups in total. The number of hydrogen-bond donors (Lipinski definition) is 0. The van der Waals surface area contributed by atoms with Gasteiger partial charge in [-0.1, -0.05) is 57.7 Å². The average Bonchev–Trinajstić information content (AvgIpc) is 3.76. The average molecular weight is 524 g/mol. The predicted octanol–water partition coefficient (Wildman–Crippen LogP) is 7.65. The summed E-state index contributed by atoms with van der Waals surface area (Å²) in [7, 11) is -1.17. The Balaban J connectivity index is 1.79. The second-order valence-corrected chi connectivity index (χ2v) is 11.8. The molecule has 1 aliphatic heterocycles. The molecule has 200 valence electrons. The molecule has 1 saturated carbocycles. The number of nitrogens with zero attached hydrogens (tertiary/aromatic N) is 1. The highest BCUT2D eigenvalue weighted by Gasteiger charge is 2.40. The Hall–Kier alpha value is -2.60. The van der Waals surface area contributed by atoms with Crippen LogP contribution in [0.25, 0.3) is 0 Å².